The number of likely N-dealkylation sites (N-methyl/N-ethyl adjacent to an activating group) is 2. The molecule has 0 aliphatic carbocycles. The number of benzene rings is 1. The summed E-state index contributed by atoms with van der Waals surface area (Å²) in [6, 6.07) is 4.75. The van der Waals surface area contributed by atoms with Crippen LogP contribution < -0.4 is 16.0 Å². The van der Waals surface area contributed by atoms with E-state index in [1.807, 2.05) is 58.2 Å². The SMILES string of the molecule is C/C=C\CC.CCCCC(C(=O)N(C)C(CCCC)C(=O)NC(C)CC(C)C)N(C)C(=O)C(Cc1cn(CC(=O)O)c2ccccc12)NC=O.CO.CSCCNC=O. The molecule has 59 heavy (non-hydrogen) atoms. The van der Waals surface area contributed by atoms with Gasteiger partial charge in [0.25, 0.3) is 0 Å². The number of fused-ring (bicyclic) bond motifs is 1. The molecule has 15 heteroatoms. The van der Waals surface area contributed by atoms with Gasteiger partial charge in [-0.3, -0.25) is 28.8 Å². The zero-order valence-electron chi connectivity index (χ0n) is 37.7. The van der Waals surface area contributed by atoms with Crippen molar-refractivity contribution in [2.75, 3.05) is 39.8 Å². The molecule has 1 aromatic carbocycles. The van der Waals surface area contributed by atoms with Gasteiger partial charge in [0.1, 0.15) is 24.7 Å². The maximum absolute atomic E-state index is 14.1. The normalized spacial score (nSPS) is 12.6. The van der Waals surface area contributed by atoms with E-state index in [1.165, 1.54) is 9.80 Å². The summed E-state index contributed by atoms with van der Waals surface area (Å²) in [5.74, 6) is -0.557. The van der Waals surface area contributed by atoms with Crippen LogP contribution in [0.2, 0.25) is 0 Å². The van der Waals surface area contributed by atoms with Crippen molar-refractivity contribution >= 4 is 59.2 Å². The summed E-state index contributed by atoms with van der Waals surface area (Å²) in [6.45, 7) is 14.9. The minimum atomic E-state index is -0.998. The van der Waals surface area contributed by atoms with Crippen molar-refractivity contribution in [2.45, 2.75) is 137 Å². The van der Waals surface area contributed by atoms with Crippen LogP contribution in [-0.4, -0.2) is 125 Å². The fraction of sp³-hybridized carbons (Fsp3) is 0.636. The maximum atomic E-state index is 14.1. The Bertz CT molecular complexity index is 1520. The molecule has 2 aromatic rings. The number of nitrogens with one attached hydrogen (secondary N) is 3. The van der Waals surface area contributed by atoms with E-state index >= 15 is 0 Å². The molecular formula is C44H76N6O8S. The molecule has 4 atom stereocenters. The summed E-state index contributed by atoms with van der Waals surface area (Å²) in [5.41, 5.74) is 1.41. The Kier molecular flexibility index (Phi) is 33.2. The topological polar surface area (TPSA) is 190 Å². The lowest BCUT2D eigenvalue weighted by Gasteiger charge is -2.36. The van der Waals surface area contributed by atoms with Crippen LogP contribution >= 0.6 is 11.8 Å². The number of para-hydroxylation sites is 1. The van der Waals surface area contributed by atoms with Crippen molar-refractivity contribution in [3.63, 3.8) is 0 Å². The zero-order valence-corrected chi connectivity index (χ0v) is 38.5. The largest absolute Gasteiger partial charge is 0.480 e. The molecule has 0 radical (unpaired) electrons. The molecule has 0 saturated heterocycles. The molecule has 14 nitrogen and oxygen atoms in total. The van der Waals surface area contributed by atoms with Gasteiger partial charge in [-0.05, 0) is 63.3 Å². The standard InChI is InChI=1S/C34H53N5O6.C5H10.C4H9NOS.CH4O/c1-8-10-15-29(32(43)36-24(5)18-23(3)4)37(6)34(45)30(16-11-9-2)38(7)33(44)27(35-22-40)19-25-20-39(21-31(41)42)28-17-13-12-14-26(25)28;1-3-5-4-2;1-7-3-2-5-4-6;1-2/h12-14,17,20,22-24,27,29-30H,8-11,15-16,18-19,21H2,1-7H3,(H,35,40)(H,36,43)(H,41,42);3,5H,4H2,1-2H3;4H,2-3H2,1H3,(H,5,6);2H,1H3/b;5-3-;;. The van der Waals surface area contributed by atoms with E-state index < -0.39 is 30.0 Å². The highest BCUT2D eigenvalue weighted by Crippen LogP contribution is 2.24. The number of carboxylic acid groups (broad SMARTS) is 1. The van der Waals surface area contributed by atoms with Crippen LogP contribution in [0.25, 0.3) is 10.9 Å². The van der Waals surface area contributed by atoms with E-state index in [-0.39, 0.29) is 30.8 Å². The van der Waals surface area contributed by atoms with Crippen LogP contribution in [0, 0.1) is 5.92 Å². The zero-order chi connectivity index (χ0) is 45.3. The molecule has 2 rings (SSSR count). The predicted molar refractivity (Wildman–Crippen MR) is 241 cm³/mol. The molecule has 0 aliphatic rings. The molecular weight excluding hydrogens is 773 g/mol. The summed E-state index contributed by atoms with van der Waals surface area (Å²) in [6.07, 6.45) is 15.2. The van der Waals surface area contributed by atoms with Crippen LogP contribution in [0.3, 0.4) is 0 Å². The molecule has 0 bridgehead atoms. The lowest BCUT2D eigenvalue weighted by Crippen LogP contribution is -2.57. The van der Waals surface area contributed by atoms with E-state index in [1.54, 1.807) is 36.6 Å². The third-order valence-electron chi connectivity index (χ3n) is 9.27. The van der Waals surface area contributed by atoms with E-state index in [0.717, 1.165) is 63.3 Å². The van der Waals surface area contributed by atoms with Gasteiger partial charge in [-0.15, -0.1) is 0 Å². The van der Waals surface area contributed by atoms with Crippen LogP contribution in [-0.2, 0) is 41.7 Å². The van der Waals surface area contributed by atoms with E-state index in [2.05, 4.69) is 48.9 Å². The molecule has 4 unspecified atom stereocenters. The molecule has 336 valence electrons. The summed E-state index contributed by atoms with van der Waals surface area (Å²) < 4.78 is 1.60. The third kappa shape index (κ3) is 22.5. The number of hydrogen-bond acceptors (Lipinski definition) is 8. The number of aliphatic hydroxyl groups excluding tert-OH is 1. The summed E-state index contributed by atoms with van der Waals surface area (Å²) >= 11 is 1.72. The molecule has 0 saturated carbocycles. The van der Waals surface area contributed by atoms with E-state index in [0.29, 0.717) is 42.7 Å². The van der Waals surface area contributed by atoms with Gasteiger partial charge < -0.3 is 40.5 Å². The van der Waals surface area contributed by atoms with Crippen molar-refractivity contribution in [3.05, 3.63) is 48.2 Å². The second-order valence-corrected chi connectivity index (χ2v) is 15.5. The lowest BCUT2D eigenvalue weighted by molar-refractivity contribution is -0.149. The Morgan fingerprint density at radius 3 is 1.98 bits per heavy atom. The first-order valence-corrected chi connectivity index (χ1v) is 22.1. The van der Waals surface area contributed by atoms with Gasteiger partial charge in [0.2, 0.25) is 30.5 Å². The number of aromatic nitrogens is 1. The highest BCUT2D eigenvalue weighted by molar-refractivity contribution is 7.98. The smallest absolute Gasteiger partial charge is 0.323 e. The Hall–Kier alpha value is -4.37. The fourth-order valence-electron chi connectivity index (χ4n) is 6.41. The number of aliphatic carboxylic acids is 1. The summed E-state index contributed by atoms with van der Waals surface area (Å²) in [4.78, 5) is 77.1. The highest BCUT2D eigenvalue weighted by atomic mass is 32.2. The molecule has 5 amide bonds. The minimum absolute atomic E-state index is 0.0399. The summed E-state index contributed by atoms with van der Waals surface area (Å²) in [5, 5.41) is 25.4. The van der Waals surface area contributed by atoms with Crippen molar-refractivity contribution in [3.8, 4) is 0 Å². The van der Waals surface area contributed by atoms with Gasteiger partial charge in [0.05, 0.1) is 0 Å². The Morgan fingerprint density at radius 2 is 1.49 bits per heavy atom. The summed E-state index contributed by atoms with van der Waals surface area (Å²) in [7, 11) is 4.19. The number of aliphatic hydroxyl groups is 1. The van der Waals surface area contributed by atoms with Crippen molar-refractivity contribution in [1.29, 1.82) is 0 Å². The number of rotatable bonds is 25. The van der Waals surface area contributed by atoms with Crippen LogP contribution in [0.15, 0.2) is 42.6 Å². The first-order chi connectivity index (χ1) is 28.2. The van der Waals surface area contributed by atoms with E-state index in [9.17, 15) is 33.9 Å². The molecule has 0 spiro atoms. The number of carbonyl (C=O) groups excluding carboxylic acids is 5. The van der Waals surface area contributed by atoms with Crippen LogP contribution in [0.4, 0.5) is 0 Å². The second-order valence-electron chi connectivity index (χ2n) is 14.5. The average Bonchev–Trinajstić information content (AvgIpc) is 3.54. The first kappa shape index (κ1) is 56.7. The van der Waals surface area contributed by atoms with Crippen LogP contribution in [0.1, 0.15) is 105 Å². The first-order valence-electron chi connectivity index (χ1n) is 20.7. The highest BCUT2D eigenvalue weighted by Gasteiger charge is 2.36. The van der Waals surface area contributed by atoms with Gasteiger partial charge in [0, 0.05) is 63.1 Å². The number of nitrogens with zero attached hydrogens (tertiary/aromatic N) is 3. The number of carbonyl (C=O) groups is 6. The molecule has 1 aromatic heterocycles. The monoisotopic (exact) mass is 849 g/mol. The Balaban J connectivity index is 0. The van der Waals surface area contributed by atoms with Gasteiger partial charge in [0.15, 0.2) is 0 Å². The number of unbranched alkanes of at least 4 members (excludes halogenated alkanes) is 2. The average molecular weight is 849 g/mol. The second kappa shape index (κ2) is 34.5. The van der Waals surface area contributed by atoms with Gasteiger partial charge >= 0.3 is 5.97 Å². The Labute approximate surface area is 358 Å². The maximum Gasteiger partial charge on any atom is 0.323 e. The van der Waals surface area contributed by atoms with Crippen LogP contribution in [0.5, 0.6) is 0 Å². The van der Waals surface area contributed by atoms with Gasteiger partial charge in [-0.1, -0.05) is 90.7 Å². The molecule has 5 N–H and O–H groups in total. The number of hydrogen-bond donors (Lipinski definition) is 5. The predicted octanol–water partition coefficient (Wildman–Crippen LogP) is 5.64. The van der Waals surface area contributed by atoms with Crippen molar-refractivity contribution in [1.82, 2.24) is 30.3 Å². The molecule has 0 aliphatic heterocycles. The molecule has 1 heterocycles. The number of thioether (sulfide) groups is 1. The third-order valence-corrected chi connectivity index (χ3v) is 9.88. The Morgan fingerprint density at radius 1 is 0.898 bits per heavy atom. The quantitative estimate of drug-likeness (QED) is 0.0478. The van der Waals surface area contributed by atoms with Gasteiger partial charge in [-0.25, -0.2) is 0 Å². The van der Waals surface area contributed by atoms with Gasteiger partial charge in [-0.2, -0.15) is 11.8 Å². The number of allylic oxidation sites excluding steroid dienone is 2. The fourth-order valence-corrected chi connectivity index (χ4v) is 6.73. The number of amides is 5. The van der Waals surface area contributed by atoms with Crippen molar-refractivity contribution < 1.29 is 39.0 Å². The van der Waals surface area contributed by atoms with Crippen molar-refractivity contribution in [2.24, 2.45) is 5.92 Å². The minimum Gasteiger partial charge on any atom is -0.480 e. The van der Waals surface area contributed by atoms with E-state index in [4.69, 9.17) is 5.11 Å². The number of carboxylic acids is 1. The molecule has 0 fully saturated rings. The lowest BCUT2D eigenvalue weighted by atomic mass is 10.00.